The molecule has 1 rings (SSSR count). The van der Waals surface area contributed by atoms with Gasteiger partial charge in [0, 0.05) is 6.04 Å². The van der Waals surface area contributed by atoms with Gasteiger partial charge >= 0.3 is 0 Å². The van der Waals surface area contributed by atoms with E-state index in [0.29, 0.717) is 6.04 Å². The highest BCUT2D eigenvalue weighted by Gasteiger charge is 2.17. The number of allylic oxidation sites excluding steroid dienone is 1. The van der Waals surface area contributed by atoms with Crippen molar-refractivity contribution in [3.8, 4) is 0 Å². The highest BCUT2D eigenvalue weighted by Crippen LogP contribution is 2.26. The normalized spacial score (nSPS) is 30.5. The van der Waals surface area contributed by atoms with E-state index in [2.05, 4.69) is 6.08 Å². The second-order valence-electron chi connectivity index (χ2n) is 4.23. The Morgan fingerprint density at radius 3 is 2.54 bits per heavy atom. The van der Waals surface area contributed by atoms with Crippen LogP contribution in [0.2, 0.25) is 0 Å². The third kappa shape index (κ3) is 3.92. The molecule has 0 atom stereocenters. The predicted molar refractivity (Wildman–Crippen MR) is 55.4 cm³/mol. The van der Waals surface area contributed by atoms with Crippen molar-refractivity contribution in [3.05, 3.63) is 11.6 Å². The summed E-state index contributed by atoms with van der Waals surface area (Å²) in [6.45, 7) is 2.18. The Kier molecular flexibility index (Phi) is 4.46. The number of nitrogens with two attached hydrogens (primary N) is 1. The van der Waals surface area contributed by atoms with Gasteiger partial charge in [-0.15, -0.1) is 0 Å². The first-order valence-corrected chi connectivity index (χ1v) is 5.24. The van der Waals surface area contributed by atoms with Crippen LogP contribution in [0.5, 0.6) is 0 Å². The highest BCUT2D eigenvalue weighted by atomic mass is 16.3. The van der Waals surface area contributed by atoms with Crippen LogP contribution in [0.15, 0.2) is 11.6 Å². The Morgan fingerprint density at radius 1 is 1.38 bits per heavy atom. The second-order valence-corrected chi connectivity index (χ2v) is 4.23. The van der Waals surface area contributed by atoms with Crippen LogP contribution < -0.4 is 5.73 Å². The quantitative estimate of drug-likeness (QED) is 0.656. The van der Waals surface area contributed by atoms with E-state index in [1.54, 1.807) is 0 Å². The van der Waals surface area contributed by atoms with Gasteiger partial charge in [-0.05, 0) is 44.9 Å². The Bertz CT molecular complexity index is 169. The van der Waals surface area contributed by atoms with E-state index in [0.717, 1.165) is 17.9 Å². The molecule has 2 heteroatoms. The molecular formula is C11H21NO. The Morgan fingerprint density at radius 2 is 2.00 bits per heavy atom. The lowest BCUT2D eigenvalue weighted by Gasteiger charge is -2.25. The zero-order valence-corrected chi connectivity index (χ0v) is 8.50. The van der Waals surface area contributed by atoms with Crippen molar-refractivity contribution in [1.29, 1.82) is 0 Å². The zero-order chi connectivity index (χ0) is 9.68. The van der Waals surface area contributed by atoms with Gasteiger partial charge < -0.3 is 10.8 Å². The van der Waals surface area contributed by atoms with E-state index >= 15 is 0 Å². The lowest BCUT2D eigenvalue weighted by Crippen LogP contribution is -2.26. The molecule has 0 aromatic heterocycles. The summed E-state index contributed by atoms with van der Waals surface area (Å²) in [5.74, 6) is 0.807. The summed E-state index contributed by atoms with van der Waals surface area (Å²) in [4.78, 5) is 0. The van der Waals surface area contributed by atoms with E-state index in [-0.39, 0.29) is 6.61 Å². The highest BCUT2D eigenvalue weighted by molar-refractivity contribution is 4.98. The van der Waals surface area contributed by atoms with E-state index in [1.165, 1.54) is 25.7 Å². The molecule has 0 radical (unpaired) electrons. The van der Waals surface area contributed by atoms with Crippen LogP contribution in [0.4, 0.5) is 0 Å². The van der Waals surface area contributed by atoms with E-state index in [9.17, 15) is 0 Å². The van der Waals surface area contributed by atoms with Crippen LogP contribution in [0.1, 0.15) is 39.0 Å². The molecule has 3 N–H and O–H groups in total. The van der Waals surface area contributed by atoms with Gasteiger partial charge in [0.2, 0.25) is 0 Å². The largest absolute Gasteiger partial charge is 0.392 e. The van der Waals surface area contributed by atoms with Gasteiger partial charge in [-0.25, -0.2) is 0 Å². The first kappa shape index (κ1) is 10.7. The molecule has 0 aliphatic heterocycles. The van der Waals surface area contributed by atoms with Gasteiger partial charge in [-0.1, -0.05) is 11.6 Å². The molecule has 0 aromatic carbocycles. The molecule has 1 fully saturated rings. The molecular weight excluding hydrogens is 162 g/mol. The van der Waals surface area contributed by atoms with Crippen LogP contribution in [0, 0.1) is 5.92 Å². The topological polar surface area (TPSA) is 46.2 Å². The van der Waals surface area contributed by atoms with Crippen molar-refractivity contribution in [3.63, 3.8) is 0 Å². The van der Waals surface area contributed by atoms with Gasteiger partial charge in [-0.2, -0.15) is 0 Å². The van der Waals surface area contributed by atoms with Gasteiger partial charge in [0.15, 0.2) is 0 Å². The Hall–Kier alpha value is -0.340. The molecule has 0 amide bonds. The molecule has 2 nitrogen and oxygen atoms in total. The summed E-state index contributed by atoms with van der Waals surface area (Å²) < 4.78 is 0. The fourth-order valence-corrected chi connectivity index (χ4v) is 1.86. The van der Waals surface area contributed by atoms with Crippen molar-refractivity contribution in [1.82, 2.24) is 0 Å². The van der Waals surface area contributed by atoms with E-state index in [1.807, 2.05) is 6.92 Å². The minimum absolute atomic E-state index is 0.201. The maximum Gasteiger partial charge on any atom is 0.0639 e. The number of aliphatic hydroxyl groups is 1. The van der Waals surface area contributed by atoms with Crippen LogP contribution in [-0.4, -0.2) is 17.8 Å². The first-order chi connectivity index (χ1) is 6.22. The molecule has 13 heavy (non-hydrogen) atoms. The predicted octanol–water partition coefficient (Wildman–Crippen LogP) is 1.83. The van der Waals surface area contributed by atoms with Crippen molar-refractivity contribution in [2.45, 2.75) is 45.1 Å². The van der Waals surface area contributed by atoms with E-state index in [4.69, 9.17) is 10.8 Å². The van der Waals surface area contributed by atoms with Gasteiger partial charge in [0.25, 0.3) is 0 Å². The van der Waals surface area contributed by atoms with Crippen molar-refractivity contribution >= 4 is 0 Å². The monoisotopic (exact) mass is 183 g/mol. The summed E-state index contributed by atoms with van der Waals surface area (Å²) in [6, 6.07) is 0.444. The summed E-state index contributed by atoms with van der Waals surface area (Å²) in [7, 11) is 0. The molecule has 0 unspecified atom stereocenters. The molecule has 1 aliphatic rings. The molecule has 1 saturated carbocycles. The molecule has 0 heterocycles. The van der Waals surface area contributed by atoms with Crippen LogP contribution >= 0.6 is 0 Å². The third-order valence-electron chi connectivity index (χ3n) is 2.94. The number of rotatable bonds is 3. The molecule has 0 spiro atoms. The molecule has 0 bridgehead atoms. The molecule has 76 valence electrons. The van der Waals surface area contributed by atoms with Crippen LogP contribution in [0.3, 0.4) is 0 Å². The minimum atomic E-state index is 0.201. The number of aliphatic hydroxyl groups excluding tert-OH is 1. The average molecular weight is 183 g/mol. The Labute approximate surface area is 80.8 Å². The van der Waals surface area contributed by atoms with Crippen molar-refractivity contribution < 1.29 is 5.11 Å². The van der Waals surface area contributed by atoms with Crippen molar-refractivity contribution in [2.75, 3.05) is 6.61 Å². The molecule has 0 aromatic rings. The second kappa shape index (κ2) is 5.40. The third-order valence-corrected chi connectivity index (χ3v) is 2.94. The maximum absolute atomic E-state index is 8.82. The van der Waals surface area contributed by atoms with Crippen LogP contribution in [-0.2, 0) is 0 Å². The first-order valence-electron chi connectivity index (χ1n) is 5.24. The lowest BCUT2D eigenvalue weighted by atomic mass is 9.84. The maximum atomic E-state index is 8.82. The summed E-state index contributed by atoms with van der Waals surface area (Å²) in [6.07, 6.45) is 8.17. The molecule has 0 saturated heterocycles. The Balaban J connectivity index is 2.23. The van der Waals surface area contributed by atoms with Gasteiger partial charge in [0.1, 0.15) is 0 Å². The van der Waals surface area contributed by atoms with Crippen molar-refractivity contribution in [2.24, 2.45) is 11.7 Å². The smallest absolute Gasteiger partial charge is 0.0639 e. The average Bonchev–Trinajstić information content (AvgIpc) is 2.16. The number of hydrogen-bond acceptors (Lipinski definition) is 2. The lowest BCUT2D eigenvalue weighted by molar-refractivity contribution is 0.320. The fourth-order valence-electron chi connectivity index (χ4n) is 1.86. The minimum Gasteiger partial charge on any atom is -0.392 e. The fraction of sp³-hybridized carbons (Fsp3) is 0.818. The number of hydrogen-bond donors (Lipinski definition) is 2. The standard InChI is InChI=1S/C11H21NO/c1-9(8-13)2-3-10-4-6-11(12)7-5-10/h2,10-11,13H,3-8,12H2,1H3/b9-2+/t10-,11+. The summed E-state index contributed by atoms with van der Waals surface area (Å²) >= 11 is 0. The SMILES string of the molecule is C/C(=C\C[C@H]1CC[C@@H](N)CC1)CO. The summed E-state index contributed by atoms with van der Waals surface area (Å²) in [5.41, 5.74) is 6.92. The van der Waals surface area contributed by atoms with Gasteiger partial charge in [-0.3, -0.25) is 0 Å². The zero-order valence-electron chi connectivity index (χ0n) is 8.50. The van der Waals surface area contributed by atoms with Gasteiger partial charge in [0.05, 0.1) is 6.61 Å². The van der Waals surface area contributed by atoms with Crippen LogP contribution in [0.25, 0.3) is 0 Å². The molecule has 1 aliphatic carbocycles. The van der Waals surface area contributed by atoms with E-state index < -0.39 is 0 Å². The summed E-state index contributed by atoms with van der Waals surface area (Å²) in [5, 5.41) is 8.82.